The van der Waals surface area contributed by atoms with Crippen molar-refractivity contribution in [3.63, 3.8) is 0 Å². The number of alkyl carbamates (subject to hydrolysis) is 1. The molecule has 3 aliphatic rings. The number of likely N-dealkylation sites (tertiary alicyclic amines) is 1. The average Bonchev–Trinajstić information content (AvgIpc) is 2.86. The summed E-state index contributed by atoms with van der Waals surface area (Å²) in [4.78, 5) is 34.9. The van der Waals surface area contributed by atoms with Crippen LogP contribution in [0.5, 0.6) is 0 Å². The molecule has 192 valence electrons. The molecule has 0 aromatic carbocycles. The lowest BCUT2D eigenvalue weighted by atomic mass is 9.84. The van der Waals surface area contributed by atoms with Crippen LogP contribution in [0.2, 0.25) is 0 Å². The van der Waals surface area contributed by atoms with Gasteiger partial charge < -0.3 is 30.0 Å². The van der Waals surface area contributed by atoms with E-state index in [-0.39, 0.29) is 12.5 Å². The van der Waals surface area contributed by atoms with Crippen molar-refractivity contribution in [2.24, 2.45) is 10.9 Å². The Morgan fingerprint density at radius 2 is 1.85 bits per heavy atom. The Kier molecular flexibility index (Phi) is 10.1. The predicted molar refractivity (Wildman–Crippen MR) is 131 cm³/mol. The maximum absolute atomic E-state index is 13.6. The molecular weight excluding hydrogens is 436 g/mol. The number of nitrogens with one attached hydrogen (secondary N) is 3. The molecule has 0 bridgehead atoms. The Bertz CT molecular complexity index is 710. The third-order valence-corrected chi connectivity index (χ3v) is 7.19. The number of nitrogens with zero attached hydrogens (tertiary/aromatic N) is 3. The van der Waals surface area contributed by atoms with Crippen LogP contribution in [-0.4, -0.2) is 98.6 Å². The molecule has 10 nitrogen and oxygen atoms in total. The molecule has 2 heterocycles. The monoisotopic (exact) mass is 478 g/mol. The molecule has 34 heavy (non-hydrogen) atoms. The predicted octanol–water partition coefficient (Wildman–Crippen LogP) is 1.99. The highest BCUT2D eigenvalue weighted by molar-refractivity contribution is 5.96. The lowest BCUT2D eigenvalue weighted by Crippen LogP contribution is -2.58. The summed E-state index contributed by atoms with van der Waals surface area (Å²) < 4.78 is 10.6. The van der Waals surface area contributed by atoms with E-state index in [9.17, 15) is 9.59 Å². The number of piperidine rings is 1. The van der Waals surface area contributed by atoms with Gasteiger partial charge in [-0.3, -0.25) is 10.1 Å². The van der Waals surface area contributed by atoms with Crippen LogP contribution in [0, 0.1) is 11.3 Å². The number of hydrogen-bond acceptors (Lipinski definition) is 7. The molecule has 0 radical (unpaired) electrons. The van der Waals surface area contributed by atoms with Crippen molar-refractivity contribution in [2.75, 3.05) is 53.0 Å². The minimum absolute atomic E-state index is 0.171. The summed E-state index contributed by atoms with van der Waals surface area (Å²) in [7, 11) is 2.06. The normalized spacial score (nSPS) is 23.1. The van der Waals surface area contributed by atoms with Crippen LogP contribution in [0.15, 0.2) is 4.99 Å². The van der Waals surface area contributed by atoms with Crippen molar-refractivity contribution < 1.29 is 19.1 Å². The van der Waals surface area contributed by atoms with Crippen LogP contribution < -0.4 is 10.6 Å². The van der Waals surface area contributed by atoms with E-state index in [0.717, 1.165) is 25.9 Å². The molecule has 1 aliphatic carbocycles. The van der Waals surface area contributed by atoms with Crippen molar-refractivity contribution in [1.29, 1.82) is 5.41 Å². The number of carbonyl (C=O) groups excluding carboxylic acids is 2. The molecule has 0 aromatic rings. The maximum atomic E-state index is 13.6. The topological polar surface area (TPSA) is 119 Å². The first-order valence-electron chi connectivity index (χ1n) is 12.8. The molecule has 2 saturated heterocycles. The van der Waals surface area contributed by atoms with Gasteiger partial charge >= 0.3 is 6.09 Å². The van der Waals surface area contributed by atoms with Crippen molar-refractivity contribution in [2.45, 2.75) is 69.9 Å². The third kappa shape index (κ3) is 7.66. The number of hydrogen-bond donors (Lipinski definition) is 3. The van der Waals surface area contributed by atoms with Gasteiger partial charge in [-0.25, -0.2) is 9.79 Å². The van der Waals surface area contributed by atoms with Crippen molar-refractivity contribution in [3.05, 3.63) is 0 Å². The molecular formula is C24H42N6O4. The first-order valence-corrected chi connectivity index (χ1v) is 12.8. The number of guanidine groups is 1. The zero-order chi connectivity index (χ0) is 24.4. The minimum atomic E-state index is -0.641. The quantitative estimate of drug-likeness (QED) is 0.380. The van der Waals surface area contributed by atoms with Crippen LogP contribution in [0.4, 0.5) is 4.79 Å². The molecule has 3 fully saturated rings. The summed E-state index contributed by atoms with van der Waals surface area (Å²) >= 11 is 0. The van der Waals surface area contributed by atoms with Gasteiger partial charge in [0.25, 0.3) is 0 Å². The smallest absolute Gasteiger partial charge is 0.413 e. The lowest BCUT2D eigenvalue weighted by Gasteiger charge is -2.39. The Balaban J connectivity index is 1.83. The van der Waals surface area contributed by atoms with Gasteiger partial charge in [0.1, 0.15) is 6.04 Å². The highest BCUT2D eigenvalue weighted by Gasteiger charge is 2.36. The van der Waals surface area contributed by atoms with E-state index in [0.29, 0.717) is 57.4 Å². The van der Waals surface area contributed by atoms with Crippen molar-refractivity contribution in [3.8, 4) is 0 Å². The van der Waals surface area contributed by atoms with Gasteiger partial charge in [0.05, 0.1) is 25.4 Å². The lowest BCUT2D eigenvalue weighted by molar-refractivity contribution is -0.124. The maximum Gasteiger partial charge on any atom is 0.413 e. The Hall–Kier alpha value is -2.20. The van der Waals surface area contributed by atoms with Gasteiger partial charge in [0.15, 0.2) is 0 Å². The summed E-state index contributed by atoms with van der Waals surface area (Å²) in [5.74, 6) is 0.621. The van der Waals surface area contributed by atoms with Crippen LogP contribution in [0.1, 0.15) is 58.3 Å². The van der Waals surface area contributed by atoms with E-state index in [2.05, 4.69) is 22.6 Å². The van der Waals surface area contributed by atoms with Crippen molar-refractivity contribution in [1.82, 2.24) is 20.4 Å². The fourth-order valence-corrected chi connectivity index (χ4v) is 4.98. The largest absolute Gasteiger partial charge is 0.450 e. The molecule has 2 aliphatic heterocycles. The second kappa shape index (κ2) is 13.0. The minimum Gasteiger partial charge on any atom is -0.450 e. The number of morpholine rings is 1. The molecule has 1 saturated carbocycles. The Labute approximate surface area is 203 Å². The summed E-state index contributed by atoms with van der Waals surface area (Å²) in [6.07, 6.45) is 8.65. The van der Waals surface area contributed by atoms with E-state index in [1.54, 1.807) is 6.92 Å². The van der Waals surface area contributed by atoms with Gasteiger partial charge in [-0.15, -0.1) is 0 Å². The van der Waals surface area contributed by atoms with E-state index in [1.807, 2.05) is 4.90 Å². The molecule has 3 N–H and O–H groups in total. The first-order chi connectivity index (χ1) is 16.4. The Morgan fingerprint density at radius 1 is 1.18 bits per heavy atom. The van der Waals surface area contributed by atoms with E-state index >= 15 is 0 Å². The number of rotatable bonds is 7. The summed E-state index contributed by atoms with van der Waals surface area (Å²) in [6.45, 7) is 5.90. The highest BCUT2D eigenvalue weighted by Crippen LogP contribution is 2.29. The van der Waals surface area contributed by atoms with Crippen LogP contribution >= 0.6 is 0 Å². The standard InChI is InChI=1S/C24H42N6O4/c1-3-34-23(32)27-22(30-13-15-33-16-14-30)26-20(17-19-7-5-4-6-8-19)21(31)28-24(18-25)9-11-29(2)12-10-24/h18-20,25H,3-17H2,1-2H3,(H,28,31)(H,26,27,32)/t20-/m0/s1. The molecule has 0 unspecified atom stereocenters. The summed E-state index contributed by atoms with van der Waals surface area (Å²) in [6, 6.07) is -0.639. The van der Waals surface area contributed by atoms with Gasteiger partial charge in [0, 0.05) is 32.4 Å². The second-order valence-electron chi connectivity index (χ2n) is 9.75. The number of aliphatic imine (C=N–C) groups is 1. The zero-order valence-corrected chi connectivity index (χ0v) is 20.8. The van der Waals surface area contributed by atoms with Gasteiger partial charge in [-0.2, -0.15) is 0 Å². The summed E-state index contributed by atoms with van der Waals surface area (Å²) in [5, 5.41) is 14.0. The average molecular weight is 479 g/mol. The van der Waals surface area contributed by atoms with Gasteiger partial charge in [-0.05, 0) is 39.2 Å². The molecule has 1 atom stereocenters. The van der Waals surface area contributed by atoms with E-state index in [1.165, 1.54) is 25.5 Å². The summed E-state index contributed by atoms with van der Waals surface area (Å²) in [5.41, 5.74) is -0.641. The van der Waals surface area contributed by atoms with E-state index in [4.69, 9.17) is 19.9 Å². The second-order valence-corrected chi connectivity index (χ2v) is 9.75. The number of carbonyl (C=O) groups is 2. The number of amides is 2. The SMILES string of the molecule is CCOC(=O)NC(=N[C@@H](CC1CCCCC1)C(=O)NC1(C=N)CCN(C)CC1)N1CCOCC1. The third-order valence-electron chi connectivity index (χ3n) is 7.19. The van der Waals surface area contributed by atoms with Gasteiger partial charge in [-0.1, -0.05) is 32.1 Å². The highest BCUT2D eigenvalue weighted by atomic mass is 16.5. The van der Waals surface area contributed by atoms with Crippen LogP contribution in [-0.2, 0) is 14.3 Å². The fourth-order valence-electron chi connectivity index (χ4n) is 4.98. The molecule has 2 amide bonds. The molecule has 0 aromatic heterocycles. The van der Waals surface area contributed by atoms with Crippen LogP contribution in [0.25, 0.3) is 0 Å². The molecule has 0 spiro atoms. The van der Waals surface area contributed by atoms with E-state index < -0.39 is 17.7 Å². The fraction of sp³-hybridized carbons (Fsp3) is 0.833. The zero-order valence-electron chi connectivity index (χ0n) is 20.8. The number of ether oxygens (including phenoxy) is 2. The Morgan fingerprint density at radius 3 is 2.47 bits per heavy atom. The molecule has 10 heteroatoms. The van der Waals surface area contributed by atoms with Crippen molar-refractivity contribution >= 4 is 24.2 Å². The molecule has 3 rings (SSSR count). The van der Waals surface area contributed by atoms with Gasteiger partial charge in [0.2, 0.25) is 11.9 Å². The first kappa shape index (κ1) is 26.4. The van der Waals surface area contributed by atoms with Crippen LogP contribution in [0.3, 0.4) is 0 Å².